The van der Waals surface area contributed by atoms with E-state index < -0.39 is 12.3 Å². The highest BCUT2D eigenvalue weighted by Crippen LogP contribution is 2.37. The molecule has 0 saturated heterocycles. The molecule has 138 valence electrons. The van der Waals surface area contributed by atoms with Gasteiger partial charge in [-0.25, -0.2) is 0 Å². The van der Waals surface area contributed by atoms with E-state index >= 15 is 0 Å². The Morgan fingerprint density at radius 1 is 1.15 bits per heavy atom. The molecule has 0 fully saturated rings. The summed E-state index contributed by atoms with van der Waals surface area (Å²) in [6.45, 7) is 0. The van der Waals surface area contributed by atoms with E-state index in [0.717, 1.165) is 24.8 Å². The molecule has 1 aliphatic carbocycles. The van der Waals surface area contributed by atoms with Crippen molar-refractivity contribution in [1.29, 1.82) is 0 Å². The number of halogens is 3. The van der Waals surface area contributed by atoms with Crippen LogP contribution in [0.2, 0.25) is 0 Å². The number of aliphatic hydroxyl groups excluding tert-OH is 1. The van der Waals surface area contributed by atoms with Crippen LogP contribution in [0.25, 0.3) is 0 Å². The number of carbonyl (C=O) groups is 1. The predicted octanol–water partition coefficient (Wildman–Crippen LogP) is 4.73. The van der Waals surface area contributed by atoms with Gasteiger partial charge in [-0.3, -0.25) is 4.79 Å². The number of rotatable bonds is 4. The zero-order valence-electron chi connectivity index (χ0n) is 14.1. The lowest BCUT2D eigenvalue weighted by atomic mass is 9.81. The molecule has 0 aromatic heterocycles. The Morgan fingerprint density at radius 2 is 1.85 bits per heavy atom. The average molecular weight is 363 g/mol. The number of fused-ring (bicyclic) bond motifs is 1. The van der Waals surface area contributed by atoms with Crippen molar-refractivity contribution in [2.75, 3.05) is 5.32 Å². The molecule has 1 aliphatic rings. The summed E-state index contributed by atoms with van der Waals surface area (Å²) in [7, 11) is 0. The second kappa shape index (κ2) is 7.50. The standard InChI is InChI=1S/C20H20F3NO2/c21-20(22,23)19(26)16-10-3-4-11-17(16)24-18(25)12-14-8-5-7-13-6-1-2-9-15(13)14/h1-4,6,9-11,14,19,26H,5,7-8,12H2,(H,24,25)/t14-,19-/m1/s1. The molecule has 6 heteroatoms. The van der Waals surface area contributed by atoms with Crippen LogP contribution in [-0.2, 0) is 11.2 Å². The van der Waals surface area contributed by atoms with Crippen LogP contribution in [-0.4, -0.2) is 17.2 Å². The minimum atomic E-state index is -4.79. The molecule has 3 rings (SSSR count). The second-order valence-corrected chi connectivity index (χ2v) is 6.57. The lowest BCUT2D eigenvalue weighted by Gasteiger charge is -2.25. The van der Waals surface area contributed by atoms with Crippen molar-refractivity contribution in [3.63, 3.8) is 0 Å². The number of aryl methyl sites for hydroxylation is 1. The van der Waals surface area contributed by atoms with E-state index in [1.54, 1.807) is 0 Å². The third-order valence-electron chi connectivity index (χ3n) is 4.76. The number of alkyl halides is 3. The van der Waals surface area contributed by atoms with Gasteiger partial charge >= 0.3 is 6.18 Å². The first kappa shape index (κ1) is 18.5. The number of benzene rings is 2. The van der Waals surface area contributed by atoms with Crippen LogP contribution in [0.15, 0.2) is 48.5 Å². The van der Waals surface area contributed by atoms with Crippen molar-refractivity contribution >= 4 is 11.6 Å². The van der Waals surface area contributed by atoms with E-state index in [-0.39, 0.29) is 29.5 Å². The molecule has 0 unspecified atom stereocenters. The first-order valence-electron chi connectivity index (χ1n) is 8.57. The summed E-state index contributed by atoms with van der Waals surface area (Å²) in [5.74, 6) is -0.298. The fourth-order valence-corrected chi connectivity index (χ4v) is 3.52. The fraction of sp³-hybridized carbons (Fsp3) is 0.350. The molecule has 0 saturated carbocycles. The maximum absolute atomic E-state index is 12.8. The molecule has 2 N–H and O–H groups in total. The van der Waals surface area contributed by atoms with Crippen LogP contribution in [0.5, 0.6) is 0 Å². The molecule has 0 radical (unpaired) electrons. The van der Waals surface area contributed by atoms with E-state index in [4.69, 9.17) is 0 Å². The van der Waals surface area contributed by atoms with Gasteiger partial charge in [0.2, 0.25) is 5.91 Å². The van der Waals surface area contributed by atoms with Crippen LogP contribution >= 0.6 is 0 Å². The number of anilines is 1. The quantitative estimate of drug-likeness (QED) is 0.825. The van der Waals surface area contributed by atoms with Gasteiger partial charge in [-0.2, -0.15) is 13.2 Å². The van der Waals surface area contributed by atoms with Gasteiger partial charge in [0.05, 0.1) is 0 Å². The van der Waals surface area contributed by atoms with Crippen molar-refractivity contribution < 1.29 is 23.1 Å². The Kier molecular flexibility index (Phi) is 5.32. The smallest absolute Gasteiger partial charge is 0.379 e. The molecule has 0 heterocycles. The zero-order valence-corrected chi connectivity index (χ0v) is 14.1. The van der Waals surface area contributed by atoms with Gasteiger partial charge in [-0.05, 0) is 42.4 Å². The molecule has 2 aromatic carbocycles. The van der Waals surface area contributed by atoms with Gasteiger partial charge in [-0.1, -0.05) is 42.5 Å². The first-order chi connectivity index (χ1) is 12.4. The Bertz CT molecular complexity index is 789. The zero-order chi connectivity index (χ0) is 18.7. The molecule has 0 spiro atoms. The second-order valence-electron chi connectivity index (χ2n) is 6.57. The summed E-state index contributed by atoms with van der Waals surface area (Å²) in [5, 5.41) is 12.1. The first-order valence-corrected chi connectivity index (χ1v) is 8.57. The van der Waals surface area contributed by atoms with Crippen molar-refractivity contribution in [3.8, 4) is 0 Å². The third-order valence-corrected chi connectivity index (χ3v) is 4.76. The van der Waals surface area contributed by atoms with E-state index in [1.165, 1.54) is 29.8 Å². The summed E-state index contributed by atoms with van der Waals surface area (Å²) in [5.41, 5.74) is 2.01. The number of hydrogen-bond acceptors (Lipinski definition) is 2. The van der Waals surface area contributed by atoms with Gasteiger partial charge < -0.3 is 10.4 Å². The van der Waals surface area contributed by atoms with Crippen molar-refractivity contribution in [3.05, 3.63) is 65.2 Å². The highest BCUT2D eigenvalue weighted by Gasteiger charge is 2.40. The maximum atomic E-state index is 12.8. The largest absolute Gasteiger partial charge is 0.418 e. The Balaban J connectivity index is 1.74. The molecule has 0 aliphatic heterocycles. The Morgan fingerprint density at radius 3 is 2.62 bits per heavy atom. The van der Waals surface area contributed by atoms with Gasteiger partial charge in [0, 0.05) is 17.7 Å². The molecule has 2 atom stereocenters. The number of hydrogen-bond donors (Lipinski definition) is 2. The number of amides is 1. The van der Waals surface area contributed by atoms with Crippen LogP contribution in [0.3, 0.4) is 0 Å². The van der Waals surface area contributed by atoms with Crippen LogP contribution in [0.1, 0.15) is 48.0 Å². The van der Waals surface area contributed by atoms with Crippen LogP contribution in [0.4, 0.5) is 18.9 Å². The van der Waals surface area contributed by atoms with E-state index in [9.17, 15) is 23.1 Å². The Hall–Kier alpha value is -2.34. The maximum Gasteiger partial charge on any atom is 0.418 e. The molecule has 2 aromatic rings. The Labute approximate surface area is 149 Å². The lowest BCUT2D eigenvalue weighted by Crippen LogP contribution is -2.23. The van der Waals surface area contributed by atoms with Crippen LogP contribution in [0, 0.1) is 0 Å². The van der Waals surface area contributed by atoms with E-state index in [2.05, 4.69) is 5.32 Å². The van der Waals surface area contributed by atoms with E-state index in [1.807, 2.05) is 24.3 Å². The summed E-state index contributed by atoms with van der Waals surface area (Å²) in [4.78, 5) is 12.4. The summed E-state index contributed by atoms with van der Waals surface area (Å²) < 4.78 is 38.5. The lowest BCUT2D eigenvalue weighted by molar-refractivity contribution is -0.206. The minimum Gasteiger partial charge on any atom is -0.379 e. The molecule has 1 amide bonds. The van der Waals surface area contributed by atoms with Gasteiger partial charge in [0.15, 0.2) is 6.10 Å². The highest BCUT2D eigenvalue weighted by molar-refractivity contribution is 5.92. The summed E-state index contributed by atoms with van der Waals surface area (Å²) in [6, 6.07) is 13.4. The molecule has 26 heavy (non-hydrogen) atoms. The third kappa shape index (κ3) is 4.07. The average Bonchev–Trinajstić information content (AvgIpc) is 2.61. The number of carbonyl (C=O) groups excluding carboxylic acids is 1. The SMILES string of the molecule is O=C(C[C@H]1CCCc2ccccc21)Nc1ccccc1[C@@H](O)C(F)(F)F. The number of nitrogens with one attached hydrogen (secondary N) is 1. The predicted molar refractivity (Wildman–Crippen MR) is 92.8 cm³/mol. The minimum absolute atomic E-state index is 0.00794. The monoisotopic (exact) mass is 363 g/mol. The van der Waals surface area contributed by atoms with Gasteiger partial charge in [0.25, 0.3) is 0 Å². The topological polar surface area (TPSA) is 49.3 Å². The molecular weight excluding hydrogens is 343 g/mol. The number of aliphatic hydroxyl groups is 1. The van der Waals surface area contributed by atoms with Gasteiger partial charge in [-0.15, -0.1) is 0 Å². The van der Waals surface area contributed by atoms with Crippen molar-refractivity contribution in [1.82, 2.24) is 0 Å². The molecule has 3 nitrogen and oxygen atoms in total. The summed E-state index contributed by atoms with van der Waals surface area (Å²) >= 11 is 0. The number of para-hydroxylation sites is 1. The van der Waals surface area contributed by atoms with Gasteiger partial charge in [0.1, 0.15) is 0 Å². The normalized spacial score (nSPS) is 18.1. The van der Waals surface area contributed by atoms with Crippen molar-refractivity contribution in [2.24, 2.45) is 0 Å². The highest BCUT2D eigenvalue weighted by atomic mass is 19.4. The fourth-order valence-electron chi connectivity index (χ4n) is 3.52. The van der Waals surface area contributed by atoms with Crippen molar-refractivity contribution in [2.45, 2.75) is 43.9 Å². The van der Waals surface area contributed by atoms with E-state index in [0.29, 0.717) is 0 Å². The molecular formula is C20H20F3NO2. The van der Waals surface area contributed by atoms with Crippen LogP contribution < -0.4 is 5.32 Å². The molecule has 0 bridgehead atoms. The summed E-state index contributed by atoms with van der Waals surface area (Å²) in [6.07, 6.45) is -4.38.